The number of nitrogens with one attached hydrogen (secondary N) is 1. The van der Waals surface area contributed by atoms with Crippen LogP contribution in [0.15, 0.2) is 15.8 Å². The highest BCUT2D eigenvalue weighted by Crippen LogP contribution is 2.44. The molecule has 0 saturated carbocycles. The van der Waals surface area contributed by atoms with Crippen LogP contribution < -0.4 is 11.1 Å². The second-order valence-corrected chi connectivity index (χ2v) is 8.59. The summed E-state index contributed by atoms with van der Waals surface area (Å²) in [7, 11) is 0. The fourth-order valence-corrected chi connectivity index (χ4v) is 5.69. The summed E-state index contributed by atoms with van der Waals surface area (Å²) in [5, 5.41) is 19.4. The molecule has 0 aliphatic carbocycles. The normalized spacial score (nSPS) is 25.3. The van der Waals surface area contributed by atoms with Crippen molar-refractivity contribution in [3.05, 3.63) is 16.5 Å². The van der Waals surface area contributed by atoms with E-state index in [4.69, 9.17) is 15.6 Å². The van der Waals surface area contributed by atoms with E-state index in [1.165, 1.54) is 39.8 Å². The Kier molecular flexibility index (Phi) is 4.90. The lowest BCUT2D eigenvalue weighted by Gasteiger charge is -2.54. The molecule has 0 bridgehead atoms. The van der Waals surface area contributed by atoms with E-state index in [1.54, 1.807) is 0 Å². The van der Waals surface area contributed by atoms with Crippen molar-refractivity contribution < 1.29 is 24.2 Å². The largest absolute Gasteiger partial charge is 0.512 e. The molecule has 2 amide bonds. The number of β-lactam (4-membered cyclic amide) rings is 1. The van der Waals surface area contributed by atoms with E-state index < -0.39 is 23.1 Å². The molecule has 0 aromatic carbocycles. The minimum absolute atomic E-state index is 0.0521. The van der Waals surface area contributed by atoms with Crippen LogP contribution in [-0.2, 0) is 14.3 Å². The number of amides is 2. The Bertz CT molecular complexity index is 768. The summed E-state index contributed by atoms with van der Waals surface area (Å²) >= 11 is 4.12. The Hall–Kier alpha value is -1.83. The number of ether oxygens (including phenoxy) is 1. The molecule has 134 valence electrons. The molecule has 0 radical (unpaired) electrons. The Morgan fingerprint density at radius 2 is 2.40 bits per heavy atom. The topological polar surface area (TPSA) is 148 Å². The maximum absolute atomic E-state index is 12.4. The van der Waals surface area contributed by atoms with E-state index in [9.17, 15) is 14.4 Å². The summed E-state index contributed by atoms with van der Waals surface area (Å²) in [6.07, 6.45) is -1.18. The summed E-state index contributed by atoms with van der Waals surface area (Å²) in [4.78, 5) is 35.2. The third-order valence-electron chi connectivity index (χ3n) is 3.49. The van der Waals surface area contributed by atoms with Gasteiger partial charge in [0.25, 0.3) is 5.91 Å². The molecule has 1 aromatic heterocycles. The molecule has 3 heterocycles. The van der Waals surface area contributed by atoms with Crippen LogP contribution in [0.3, 0.4) is 0 Å². The number of carbonyl (C=O) groups excluding carboxylic acids is 2. The summed E-state index contributed by atoms with van der Waals surface area (Å²) in [5.74, 6) is 0.117. The van der Waals surface area contributed by atoms with E-state index in [1.807, 2.05) is 6.92 Å². The second-order valence-electron chi connectivity index (χ2n) is 5.12. The fourth-order valence-electron chi connectivity index (χ4n) is 2.39. The highest BCUT2D eigenvalue weighted by molar-refractivity contribution is 8.01. The van der Waals surface area contributed by atoms with Crippen LogP contribution in [0, 0.1) is 6.92 Å². The van der Waals surface area contributed by atoms with Crippen LogP contribution in [0.4, 0.5) is 4.79 Å². The first-order chi connectivity index (χ1) is 11.9. The number of fused-ring (bicyclic) bond motifs is 1. The van der Waals surface area contributed by atoms with E-state index in [-0.39, 0.29) is 5.88 Å². The SMILES string of the molecule is Cc1nnc(SCC2=C(OC(=O)O)N3C(=O)[C@](N)(NC=O)[C@@H]3SC2)s1. The molecule has 0 unspecified atom stereocenters. The van der Waals surface area contributed by atoms with Gasteiger partial charge in [-0.25, -0.2) is 4.79 Å². The van der Waals surface area contributed by atoms with Gasteiger partial charge in [-0.1, -0.05) is 23.1 Å². The summed E-state index contributed by atoms with van der Waals surface area (Å²) in [6, 6.07) is 0. The van der Waals surface area contributed by atoms with Gasteiger partial charge in [0.15, 0.2) is 4.34 Å². The molecule has 3 rings (SSSR count). The summed E-state index contributed by atoms with van der Waals surface area (Å²) in [5.41, 5.74) is 4.98. The lowest BCUT2D eigenvalue weighted by Crippen LogP contribution is -2.83. The monoisotopic (exact) mass is 403 g/mol. The van der Waals surface area contributed by atoms with E-state index in [0.29, 0.717) is 23.5 Å². The molecule has 1 aromatic rings. The smallest absolute Gasteiger partial charge is 0.449 e. The number of nitrogens with zero attached hydrogens (tertiary/aromatic N) is 3. The number of carbonyl (C=O) groups is 3. The molecule has 1 saturated heterocycles. The summed E-state index contributed by atoms with van der Waals surface area (Å²) < 4.78 is 5.58. The molecule has 4 N–H and O–H groups in total. The average Bonchev–Trinajstić information content (AvgIpc) is 2.98. The van der Waals surface area contributed by atoms with Crippen LogP contribution >= 0.6 is 34.9 Å². The van der Waals surface area contributed by atoms with Crippen molar-refractivity contribution >= 4 is 53.3 Å². The van der Waals surface area contributed by atoms with Gasteiger partial charge in [-0.15, -0.1) is 22.0 Å². The first kappa shape index (κ1) is 18.0. The average molecular weight is 403 g/mol. The van der Waals surface area contributed by atoms with Gasteiger partial charge < -0.3 is 15.2 Å². The van der Waals surface area contributed by atoms with E-state index in [0.717, 1.165) is 9.35 Å². The lowest BCUT2D eigenvalue weighted by atomic mass is 9.99. The minimum atomic E-state index is -1.56. The maximum Gasteiger partial charge on any atom is 0.512 e. The van der Waals surface area contributed by atoms with Gasteiger partial charge in [0, 0.05) is 17.1 Å². The predicted molar refractivity (Wildman–Crippen MR) is 90.7 cm³/mol. The number of hydrogen-bond donors (Lipinski definition) is 3. The Labute approximate surface area is 154 Å². The van der Waals surface area contributed by atoms with E-state index >= 15 is 0 Å². The standard InChI is InChI=1S/C12H13N5O5S3/c1-5-15-16-10(25-5)24-3-6-2-23-9-12(13,14-4-18)8(19)17(9)7(6)22-11(20)21/h4,9H,2-3,13H2,1H3,(H,14,18)(H,20,21)/t9-,12-/m0/s1. The van der Waals surface area contributed by atoms with Crippen LogP contribution in [0.25, 0.3) is 0 Å². The van der Waals surface area contributed by atoms with Crippen molar-refractivity contribution in [3.63, 3.8) is 0 Å². The van der Waals surface area contributed by atoms with Crippen molar-refractivity contribution in [2.75, 3.05) is 11.5 Å². The van der Waals surface area contributed by atoms with Crippen LogP contribution in [0.5, 0.6) is 0 Å². The molecule has 2 aliphatic heterocycles. The van der Waals surface area contributed by atoms with Gasteiger partial charge in [0.2, 0.25) is 18.0 Å². The molecule has 0 spiro atoms. The highest BCUT2D eigenvalue weighted by Gasteiger charge is 2.63. The quantitative estimate of drug-likeness (QED) is 0.197. The van der Waals surface area contributed by atoms with Gasteiger partial charge in [-0.2, -0.15) is 0 Å². The third kappa shape index (κ3) is 3.19. The molecule has 25 heavy (non-hydrogen) atoms. The third-order valence-corrected chi connectivity index (χ3v) is 6.96. The van der Waals surface area contributed by atoms with Gasteiger partial charge >= 0.3 is 6.16 Å². The zero-order chi connectivity index (χ0) is 18.2. The zero-order valence-corrected chi connectivity index (χ0v) is 15.2. The van der Waals surface area contributed by atoms with Crippen LogP contribution in [0.1, 0.15) is 5.01 Å². The van der Waals surface area contributed by atoms with Gasteiger partial charge in [0.1, 0.15) is 10.4 Å². The highest BCUT2D eigenvalue weighted by atomic mass is 32.2. The number of thioether (sulfide) groups is 2. The van der Waals surface area contributed by atoms with E-state index in [2.05, 4.69) is 15.5 Å². The van der Waals surface area contributed by atoms with Gasteiger partial charge in [-0.05, 0) is 6.92 Å². The number of nitrogens with two attached hydrogens (primary N) is 1. The molecule has 1 fully saturated rings. The molecular formula is C12H13N5O5S3. The van der Waals surface area contributed by atoms with Gasteiger partial charge in [-0.3, -0.25) is 20.2 Å². The second kappa shape index (κ2) is 6.82. The fraction of sp³-hybridized carbons (Fsp3) is 0.417. The first-order valence-corrected chi connectivity index (χ1v) is 9.73. The molecule has 13 heteroatoms. The van der Waals surface area contributed by atoms with Crippen molar-refractivity contribution in [2.24, 2.45) is 5.73 Å². The number of aromatic nitrogens is 2. The van der Waals surface area contributed by atoms with Crippen molar-refractivity contribution in [2.45, 2.75) is 22.3 Å². The van der Waals surface area contributed by atoms with Crippen LogP contribution in [0.2, 0.25) is 0 Å². The van der Waals surface area contributed by atoms with Crippen molar-refractivity contribution in [1.82, 2.24) is 20.4 Å². The number of aryl methyl sites for hydroxylation is 1. The zero-order valence-electron chi connectivity index (χ0n) is 12.8. The molecule has 10 nitrogen and oxygen atoms in total. The lowest BCUT2D eigenvalue weighted by molar-refractivity contribution is -0.157. The molecule has 2 aliphatic rings. The number of carboxylic acid groups (broad SMARTS) is 1. The van der Waals surface area contributed by atoms with Crippen molar-refractivity contribution in [1.29, 1.82) is 0 Å². The number of rotatable bonds is 6. The molecule has 2 atom stereocenters. The number of hydrogen-bond acceptors (Lipinski definition) is 10. The Morgan fingerprint density at radius 1 is 1.64 bits per heavy atom. The molecular weight excluding hydrogens is 390 g/mol. The van der Waals surface area contributed by atoms with Crippen LogP contribution in [-0.4, -0.2) is 61.2 Å². The maximum atomic E-state index is 12.4. The minimum Gasteiger partial charge on any atom is -0.449 e. The summed E-state index contributed by atoms with van der Waals surface area (Å²) in [6.45, 7) is 1.83. The first-order valence-electron chi connectivity index (χ1n) is 6.88. The van der Waals surface area contributed by atoms with Crippen molar-refractivity contribution in [3.8, 4) is 0 Å². The van der Waals surface area contributed by atoms with Gasteiger partial charge in [0.05, 0.1) is 0 Å². The Balaban J connectivity index is 1.83. The Morgan fingerprint density at radius 3 is 3.00 bits per heavy atom. The predicted octanol–water partition coefficient (Wildman–Crippen LogP) is 0.161.